The fourth-order valence-corrected chi connectivity index (χ4v) is 5.17. The summed E-state index contributed by atoms with van der Waals surface area (Å²) in [5.74, 6) is 5.01. The second kappa shape index (κ2) is 2.28. The van der Waals surface area contributed by atoms with Gasteiger partial charge in [-0.2, -0.15) is 0 Å². The van der Waals surface area contributed by atoms with Gasteiger partial charge in [0.05, 0.1) is 0 Å². The van der Waals surface area contributed by atoms with E-state index in [4.69, 9.17) is 0 Å². The van der Waals surface area contributed by atoms with Crippen molar-refractivity contribution in [3.8, 4) is 0 Å². The van der Waals surface area contributed by atoms with E-state index in [1.54, 1.807) is 3.58 Å². The highest BCUT2D eigenvalue weighted by Crippen LogP contribution is 2.66. The number of hydrogen-bond acceptors (Lipinski definition) is 0. The molecule has 0 amide bonds. The van der Waals surface area contributed by atoms with Crippen LogP contribution < -0.4 is 0 Å². The number of rotatable bonds is 0. The molecule has 1 heteroatoms. The van der Waals surface area contributed by atoms with Gasteiger partial charge in [-0.25, -0.2) is 0 Å². The van der Waals surface area contributed by atoms with Gasteiger partial charge >= 0.3 is 0 Å². The van der Waals surface area contributed by atoms with Crippen LogP contribution in [0.5, 0.6) is 0 Å². The Morgan fingerprint density at radius 3 is 2.58 bits per heavy atom. The van der Waals surface area contributed by atoms with Crippen molar-refractivity contribution >= 4 is 22.6 Å². The minimum absolute atomic E-state index is 0.910. The number of hydrogen-bond donors (Lipinski definition) is 0. The molecular formula is C11H15I. The van der Waals surface area contributed by atoms with E-state index in [1.165, 1.54) is 12.8 Å². The summed E-state index contributed by atoms with van der Waals surface area (Å²) < 4.78 is 1.76. The van der Waals surface area contributed by atoms with Gasteiger partial charge in [-0.15, -0.1) is 0 Å². The summed E-state index contributed by atoms with van der Waals surface area (Å²) in [4.78, 5) is 0. The lowest BCUT2D eigenvalue weighted by atomic mass is 9.57. The minimum Gasteiger partial charge on any atom is -0.0614 e. The molecule has 5 unspecified atom stereocenters. The van der Waals surface area contributed by atoms with E-state index in [-0.39, 0.29) is 0 Å². The Kier molecular flexibility index (Phi) is 1.49. The molecule has 0 aromatic carbocycles. The van der Waals surface area contributed by atoms with E-state index in [9.17, 15) is 0 Å². The van der Waals surface area contributed by atoms with Gasteiger partial charge < -0.3 is 0 Å². The highest BCUT2D eigenvalue weighted by molar-refractivity contribution is 14.1. The normalized spacial score (nSPS) is 55.8. The molecule has 2 fully saturated rings. The van der Waals surface area contributed by atoms with Crippen molar-refractivity contribution in [2.75, 3.05) is 0 Å². The third-order valence-electron chi connectivity index (χ3n) is 4.60. The zero-order valence-electron chi connectivity index (χ0n) is 7.68. The first kappa shape index (κ1) is 7.84. The standard InChI is InChI=1S/C11H15I/c1-5-6(2)10-9(5)7-3-4-8(7)11(10)12/h5-9H,3-4H2,1-2H3. The first-order chi connectivity index (χ1) is 5.72. The summed E-state index contributed by atoms with van der Waals surface area (Å²) in [7, 11) is 0. The molecule has 3 aliphatic carbocycles. The Balaban J connectivity index is 2.00. The SMILES string of the molecule is CC1C2=C(I)C3CCC3C2C1C. The van der Waals surface area contributed by atoms with Crippen molar-refractivity contribution in [1.82, 2.24) is 0 Å². The summed E-state index contributed by atoms with van der Waals surface area (Å²) >= 11 is 2.62. The van der Waals surface area contributed by atoms with Crippen LogP contribution in [-0.4, -0.2) is 0 Å². The molecule has 3 aliphatic rings. The zero-order chi connectivity index (χ0) is 8.46. The van der Waals surface area contributed by atoms with Crippen LogP contribution >= 0.6 is 22.6 Å². The van der Waals surface area contributed by atoms with E-state index in [0.717, 1.165) is 29.6 Å². The van der Waals surface area contributed by atoms with Crippen LogP contribution in [0.2, 0.25) is 0 Å². The molecule has 3 rings (SSSR count). The second-order valence-electron chi connectivity index (χ2n) is 4.82. The number of fused-ring (bicyclic) bond motifs is 3. The lowest BCUT2D eigenvalue weighted by Gasteiger charge is -2.47. The molecule has 0 aromatic heterocycles. The molecule has 0 radical (unpaired) electrons. The van der Waals surface area contributed by atoms with Crippen LogP contribution in [0.4, 0.5) is 0 Å². The predicted molar refractivity (Wildman–Crippen MR) is 59.1 cm³/mol. The second-order valence-corrected chi connectivity index (χ2v) is 5.99. The molecule has 5 atom stereocenters. The quantitative estimate of drug-likeness (QED) is 0.592. The molecule has 0 N–H and O–H groups in total. The first-order valence-electron chi connectivity index (χ1n) is 5.11. The number of allylic oxidation sites excluding steroid dienone is 2. The first-order valence-corrected chi connectivity index (χ1v) is 6.19. The fraction of sp³-hybridized carbons (Fsp3) is 0.818. The maximum absolute atomic E-state index is 2.62. The van der Waals surface area contributed by atoms with Gasteiger partial charge in [0.25, 0.3) is 0 Å². The van der Waals surface area contributed by atoms with Gasteiger partial charge in [0.1, 0.15) is 0 Å². The Labute approximate surface area is 87.9 Å². The van der Waals surface area contributed by atoms with E-state index in [0.29, 0.717) is 0 Å². The number of halogens is 1. The van der Waals surface area contributed by atoms with Crippen molar-refractivity contribution in [1.29, 1.82) is 0 Å². The van der Waals surface area contributed by atoms with Gasteiger partial charge in [-0.3, -0.25) is 0 Å². The Morgan fingerprint density at radius 1 is 1.25 bits per heavy atom. The van der Waals surface area contributed by atoms with Gasteiger partial charge in [0, 0.05) is 0 Å². The monoisotopic (exact) mass is 274 g/mol. The maximum Gasteiger partial charge on any atom is -0.00622 e. The molecule has 0 spiro atoms. The highest BCUT2D eigenvalue weighted by atomic mass is 127. The van der Waals surface area contributed by atoms with Crippen molar-refractivity contribution in [3.63, 3.8) is 0 Å². The van der Waals surface area contributed by atoms with Gasteiger partial charge in [-0.05, 0) is 68.6 Å². The third kappa shape index (κ3) is 0.669. The van der Waals surface area contributed by atoms with E-state index >= 15 is 0 Å². The topological polar surface area (TPSA) is 0 Å². The molecule has 0 heterocycles. The van der Waals surface area contributed by atoms with Crippen LogP contribution in [0, 0.1) is 29.6 Å². The lowest BCUT2D eigenvalue weighted by molar-refractivity contribution is 0.0837. The van der Waals surface area contributed by atoms with E-state index in [1.807, 2.05) is 5.57 Å². The van der Waals surface area contributed by atoms with Gasteiger partial charge in [0.2, 0.25) is 0 Å². The molecule has 0 nitrogen and oxygen atoms in total. The minimum atomic E-state index is 0.910. The molecule has 2 saturated carbocycles. The molecule has 12 heavy (non-hydrogen) atoms. The maximum atomic E-state index is 2.62. The summed E-state index contributed by atoms with van der Waals surface area (Å²) in [5.41, 5.74) is 1.86. The Hall–Kier alpha value is 0.470. The molecule has 66 valence electrons. The van der Waals surface area contributed by atoms with Gasteiger partial charge in [-0.1, -0.05) is 19.4 Å². The third-order valence-corrected chi connectivity index (χ3v) is 6.02. The van der Waals surface area contributed by atoms with E-state index in [2.05, 4.69) is 36.4 Å². The summed E-state index contributed by atoms with van der Waals surface area (Å²) in [5, 5.41) is 0. The lowest BCUT2D eigenvalue weighted by Crippen LogP contribution is -2.40. The average molecular weight is 274 g/mol. The van der Waals surface area contributed by atoms with E-state index < -0.39 is 0 Å². The largest absolute Gasteiger partial charge is 0.0614 e. The highest BCUT2D eigenvalue weighted by Gasteiger charge is 2.56. The van der Waals surface area contributed by atoms with Crippen molar-refractivity contribution in [2.24, 2.45) is 29.6 Å². The molecule has 0 bridgehead atoms. The Morgan fingerprint density at radius 2 is 2.00 bits per heavy atom. The van der Waals surface area contributed by atoms with Crippen LogP contribution in [-0.2, 0) is 0 Å². The zero-order valence-corrected chi connectivity index (χ0v) is 9.84. The predicted octanol–water partition coefficient (Wildman–Crippen LogP) is 3.62. The molecular weight excluding hydrogens is 259 g/mol. The Bertz CT molecular complexity index is 266. The molecule has 0 aliphatic heterocycles. The van der Waals surface area contributed by atoms with Crippen molar-refractivity contribution < 1.29 is 0 Å². The summed E-state index contributed by atoms with van der Waals surface area (Å²) in [6.07, 6.45) is 3.00. The van der Waals surface area contributed by atoms with Gasteiger partial charge in [0.15, 0.2) is 0 Å². The summed E-state index contributed by atoms with van der Waals surface area (Å²) in [6, 6.07) is 0. The van der Waals surface area contributed by atoms with Crippen molar-refractivity contribution in [3.05, 3.63) is 9.15 Å². The van der Waals surface area contributed by atoms with Crippen LogP contribution in [0.1, 0.15) is 26.7 Å². The van der Waals surface area contributed by atoms with Crippen molar-refractivity contribution in [2.45, 2.75) is 26.7 Å². The molecule has 0 aromatic rings. The fourth-order valence-electron chi connectivity index (χ4n) is 3.54. The molecule has 0 saturated heterocycles. The summed E-state index contributed by atoms with van der Waals surface area (Å²) in [6.45, 7) is 4.86. The average Bonchev–Trinajstić information content (AvgIpc) is 2.16. The van der Waals surface area contributed by atoms with Crippen LogP contribution in [0.25, 0.3) is 0 Å². The van der Waals surface area contributed by atoms with Crippen LogP contribution in [0.3, 0.4) is 0 Å². The van der Waals surface area contributed by atoms with Crippen LogP contribution in [0.15, 0.2) is 9.15 Å². The smallest absolute Gasteiger partial charge is 0.00622 e.